The summed E-state index contributed by atoms with van der Waals surface area (Å²) in [4.78, 5) is 24.4. The van der Waals surface area contributed by atoms with E-state index in [1.807, 2.05) is 0 Å². The number of ether oxygens (including phenoxy) is 1. The van der Waals surface area contributed by atoms with Crippen LogP contribution in [0.25, 0.3) is 0 Å². The fourth-order valence-corrected chi connectivity index (χ4v) is 5.51. The van der Waals surface area contributed by atoms with Gasteiger partial charge in [0.2, 0.25) is 0 Å². The number of esters is 1. The summed E-state index contributed by atoms with van der Waals surface area (Å²) in [5.41, 5.74) is -0.394. The molecule has 6 unspecified atom stereocenters. The van der Waals surface area contributed by atoms with Crippen molar-refractivity contribution < 1.29 is 14.3 Å². The minimum absolute atomic E-state index is 0.0394. The summed E-state index contributed by atoms with van der Waals surface area (Å²) in [6.07, 6.45) is 6.13. The van der Waals surface area contributed by atoms with Crippen molar-refractivity contribution in [2.75, 3.05) is 0 Å². The first kappa shape index (κ1) is 17.0. The lowest BCUT2D eigenvalue weighted by Crippen LogP contribution is -2.44. The van der Waals surface area contributed by atoms with Gasteiger partial charge in [-0.1, -0.05) is 20.8 Å². The van der Waals surface area contributed by atoms with Gasteiger partial charge in [-0.15, -0.1) is 0 Å². The van der Waals surface area contributed by atoms with Gasteiger partial charge in [-0.3, -0.25) is 9.59 Å². The number of carbonyl (C=O) groups is 2. The zero-order chi connectivity index (χ0) is 16.8. The lowest BCUT2D eigenvalue weighted by molar-refractivity contribution is -0.174. The summed E-state index contributed by atoms with van der Waals surface area (Å²) in [5, 5.41) is 0. The zero-order valence-corrected chi connectivity index (χ0v) is 15.1. The van der Waals surface area contributed by atoms with Crippen molar-refractivity contribution in [2.24, 2.45) is 35.5 Å². The molecule has 0 aromatic heterocycles. The number of ketones is 1. The van der Waals surface area contributed by atoms with E-state index < -0.39 is 5.60 Å². The van der Waals surface area contributed by atoms with E-state index in [4.69, 9.17) is 4.74 Å². The van der Waals surface area contributed by atoms with Crippen molar-refractivity contribution in [3.05, 3.63) is 0 Å². The highest BCUT2D eigenvalue weighted by Crippen LogP contribution is 2.55. The molecular weight excluding hydrogens is 288 g/mol. The largest absolute Gasteiger partial charge is 0.459 e. The highest BCUT2D eigenvalue weighted by molar-refractivity contribution is 5.79. The molecule has 0 aromatic carbocycles. The van der Waals surface area contributed by atoms with Crippen LogP contribution in [0.2, 0.25) is 0 Å². The van der Waals surface area contributed by atoms with Crippen LogP contribution < -0.4 is 0 Å². The van der Waals surface area contributed by atoms with E-state index >= 15 is 0 Å². The second kappa shape index (κ2) is 6.22. The van der Waals surface area contributed by atoms with Crippen molar-refractivity contribution in [3.8, 4) is 0 Å². The Hall–Kier alpha value is -0.860. The van der Waals surface area contributed by atoms with Crippen molar-refractivity contribution in [1.82, 2.24) is 0 Å². The second-order valence-corrected chi connectivity index (χ2v) is 8.62. The zero-order valence-electron chi connectivity index (χ0n) is 15.1. The molecule has 0 spiro atoms. The van der Waals surface area contributed by atoms with E-state index in [1.54, 1.807) is 0 Å². The Balaban J connectivity index is 1.65. The first-order chi connectivity index (χ1) is 10.9. The number of fused-ring (bicyclic) bond motifs is 2. The van der Waals surface area contributed by atoms with Crippen LogP contribution in [0.15, 0.2) is 0 Å². The van der Waals surface area contributed by atoms with Crippen molar-refractivity contribution in [1.29, 1.82) is 0 Å². The Morgan fingerprint density at radius 1 is 1.17 bits per heavy atom. The molecule has 0 amide bonds. The number of Topliss-reactive ketones (excluding diaryl/α,β-unsaturated/α-hetero) is 1. The van der Waals surface area contributed by atoms with Crippen LogP contribution in [0.4, 0.5) is 0 Å². The molecule has 23 heavy (non-hydrogen) atoms. The van der Waals surface area contributed by atoms with Crippen molar-refractivity contribution >= 4 is 11.8 Å². The monoisotopic (exact) mass is 320 g/mol. The Morgan fingerprint density at radius 3 is 2.35 bits per heavy atom. The molecule has 3 saturated carbocycles. The SMILES string of the molecule is CCC(C)(OC(=O)C1CC2CC1C(C)C2C)C1CCC(=O)CC1. The Kier molecular flexibility index (Phi) is 4.59. The van der Waals surface area contributed by atoms with E-state index in [0.717, 1.165) is 31.6 Å². The maximum Gasteiger partial charge on any atom is 0.309 e. The van der Waals surface area contributed by atoms with E-state index in [0.29, 0.717) is 42.3 Å². The third-order valence-electron chi connectivity index (χ3n) is 7.64. The smallest absolute Gasteiger partial charge is 0.309 e. The van der Waals surface area contributed by atoms with Crippen LogP contribution in [0.3, 0.4) is 0 Å². The van der Waals surface area contributed by atoms with Gasteiger partial charge in [0.1, 0.15) is 11.4 Å². The van der Waals surface area contributed by atoms with Gasteiger partial charge in [-0.2, -0.15) is 0 Å². The molecule has 0 radical (unpaired) electrons. The quantitative estimate of drug-likeness (QED) is 0.722. The van der Waals surface area contributed by atoms with Crippen LogP contribution in [-0.4, -0.2) is 17.4 Å². The van der Waals surface area contributed by atoms with E-state index in [2.05, 4.69) is 27.7 Å². The summed E-state index contributed by atoms with van der Waals surface area (Å²) in [6, 6.07) is 0. The molecular formula is C20H32O3. The van der Waals surface area contributed by atoms with Gasteiger partial charge < -0.3 is 4.74 Å². The highest BCUT2D eigenvalue weighted by atomic mass is 16.6. The summed E-state index contributed by atoms with van der Waals surface area (Å²) in [5.74, 6) is 3.49. The molecule has 3 heteroatoms. The van der Waals surface area contributed by atoms with Crippen LogP contribution >= 0.6 is 0 Å². The van der Waals surface area contributed by atoms with Gasteiger partial charge in [0.05, 0.1) is 5.92 Å². The van der Waals surface area contributed by atoms with Gasteiger partial charge in [0.15, 0.2) is 0 Å². The Labute approximate surface area is 140 Å². The summed E-state index contributed by atoms with van der Waals surface area (Å²) >= 11 is 0. The molecule has 0 saturated heterocycles. The van der Waals surface area contributed by atoms with Crippen molar-refractivity contribution in [2.45, 2.75) is 78.2 Å². The van der Waals surface area contributed by atoms with Gasteiger partial charge in [0, 0.05) is 12.8 Å². The third-order valence-corrected chi connectivity index (χ3v) is 7.64. The normalized spacial score (nSPS) is 40.2. The van der Waals surface area contributed by atoms with Gasteiger partial charge >= 0.3 is 5.97 Å². The topological polar surface area (TPSA) is 43.4 Å². The Bertz CT molecular complexity index is 473. The van der Waals surface area contributed by atoms with Gasteiger partial charge in [-0.05, 0) is 68.6 Å². The first-order valence-electron chi connectivity index (χ1n) is 9.60. The molecule has 130 valence electrons. The molecule has 3 nitrogen and oxygen atoms in total. The lowest BCUT2D eigenvalue weighted by Gasteiger charge is -2.40. The molecule has 0 aliphatic heterocycles. The van der Waals surface area contributed by atoms with Crippen LogP contribution in [-0.2, 0) is 14.3 Å². The minimum Gasteiger partial charge on any atom is -0.459 e. The maximum absolute atomic E-state index is 12.9. The standard InChI is InChI=1S/C20H32O3/c1-5-20(4,15-6-8-16(21)9-7-15)23-19(22)18-11-14-10-17(18)13(3)12(14)2/h12-15,17-18H,5-11H2,1-4H3. The predicted molar refractivity (Wildman–Crippen MR) is 89.8 cm³/mol. The molecule has 0 heterocycles. The molecule has 3 rings (SSSR count). The predicted octanol–water partition coefficient (Wildman–Crippen LogP) is 4.39. The molecule has 0 aromatic rings. The van der Waals surface area contributed by atoms with Gasteiger partial charge in [0.25, 0.3) is 0 Å². The maximum atomic E-state index is 12.9. The van der Waals surface area contributed by atoms with E-state index in [9.17, 15) is 9.59 Å². The van der Waals surface area contributed by atoms with E-state index in [-0.39, 0.29) is 11.9 Å². The number of carbonyl (C=O) groups excluding carboxylic acids is 2. The lowest BCUT2D eigenvalue weighted by atomic mass is 9.74. The summed E-state index contributed by atoms with van der Waals surface area (Å²) < 4.78 is 6.13. The highest BCUT2D eigenvalue weighted by Gasteiger charge is 2.52. The number of hydrogen-bond donors (Lipinski definition) is 0. The molecule has 6 atom stereocenters. The fourth-order valence-electron chi connectivity index (χ4n) is 5.51. The first-order valence-corrected chi connectivity index (χ1v) is 9.60. The average Bonchev–Trinajstić information content (AvgIpc) is 3.08. The molecule has 3 aliphatic carbocycles. The molecule has 0 N–H and O–H groups in total. The molecule has 3 fully saturated rings. The summed E-state index contributed by atoms with van der Waals surface area (Å²) in [6.45, 7) is 8.84. The number of hydrogen-bond acceptors (Lipinski definition) is 3. The van der Waals surface area contributed by atoms with Crippen molar-refractivity contribution in [3.63, 3.8) is 0 Å². The van der Waals surface area contributed by atoms with Crippen LogP contribution in [0, 0.1) is 35.5 Å². The summed E-state index contributed by atoms with van der Waals surface area (Å²) in [7, 11) is 0. The second-order valence-electron chi connectivity index (χ2n) is 8.62. The fraction of sp³-hybridized carbons (Fsp3) is 0.900. The van der Waals surface area contributed by atoms with Gasteiger partial charge in [-0.25, -0.2) is 0 Å². The number of rotatable bonds is 4. The Morgan fingerprint density at radius 2 is 1.83 bits per heavy atom. The molecule has 3 aliphatic rings. The minimum atomic E-state index is -0.394. The molecule has 2 bridgehead atoms. The van der Waals surface area contributed by atoms with E-state index in [1.165, 1.54) is 6.42 Å². The van der Waals surface area contributed by atoms with Crippen LogP contribution in [0.1, 0.15) is 72.6 Å². The third kappa shape index (κ3) is 2.96. The van der Waals surface area contributed by atoms with Crippen LogP contribution in [0.5, 0.6) is 0 Å². The average molecular weight is 320 g/mol.